The third kappa shape index (κ3) is 4.33. The lowest BCUT2D eigenvalue weighted by molar-refractivity contribution is 0.232. The van der Waals surface area contributed by atoms with Gasteiger partial charge in [-0.25, -0.2) is 0 Å². The van der Waals surface area contributed by atoms with Crippen molar-refractivity contribution in [2.75, 3.05) is 27.2 Å². The molecule has 0 bridgehead atoms. The predicted octanol–water partition coefficient (Wildman–Crippen LogP) is 1.40. The summed E-state index contributed by atoms with van der Waals surface area (Å²) >= 11 is 0. The Morgan fingerprint density at radius 2 is 2.12 bits per heavy atom. The molecule has 0 aliphatic carbocycles. The van der Waals surface area contributed by atoms with Gasteiger partial charge in [0.05, 0.1) is 6.20 Å². The Hall–Kier alpha value is -0.870. The smallest absolute Gasteiger partial charge is 0.0535 e. The van der Waals surface area contributed by atoms with Crippen LogP contribution in [-0.4, -0.2) is 42.3 Å². The second-order valence-electron chi connectivity index (χ2n) is 5.53. The second kappa shape index (κ2) is 5.46. The summed E-state index contributed by atoms with van der Waals surface area (Å²) in [6, 6.07) is 0. The fourth-order valence-corrected chi connectivity index (χ4v) is 2.00. The third-order valence-corrected chi connectivity index (χ3v) is 2.60. The first-order chi connectivity index (χ1) is 7.41. The highest BCUT2D eigenvalue weighted by atomic mass is 15.1. The summed E-state index contributed by atoms with van der Waals surface area (Å²) in [5, 5.41) is 10.4. The number of rotatable bonds is 6. The fourth-order valence-electron chi connectivity index (χ4n) is 2.00. The van der Waals surface area contributed by atoms with E-state index in [1.165, 1.54) is 5.56 Å². The highest BCUT2D eigenvalue weighted by Crippen LogP contribution is 2.14. The molecule has 0 spiro atoms. The predicted molar refractivity (Wildman–Crippen MR) is 67.4 cm³/mol. The number of hydrogen-bond acceptors (Lipinski definition) is 3. The van der Waals surface area contributed by atoms with E-state index in [2.05, 4.69) is 55.3 Å². The quantitative estimate of drug-likeness (QED) is 0.767. The number of aromatic nitrogens is 2. The van der Waals surface area contributed by atoms with Crippen LogP contribution in [0.25, 0.3) is 0 Å². The van der Waals surface area contributed by atoms with Crippen LogP contribution in [0.3, 0.4) is 0 Å². The maximum Gasteiger partial charge on any atom is 0.0535 e. The average Bonchev–Trinajstić information content (AvgIpc) is 2.49. The third-order valence-electron chi connectivity index (χ3n) is 2.60. The van der Waals surface area contributed by atoms with E-state index in [9.17, 15) is 0 Å². The highest BCUT2D eigenvalue weighted by Gasteiger charge is 2.18. The van der Waals surface area contributed by atoms with E-state index in [0.717, 1.165) is 25.3 Å². The lowest BCUT2D eigenvalue weighted by atomic mass is 9.93. The Bertz CT molecular complexity index is 315. The Balaban J connectivity index is 2.32. The molecule has 16 heavy (non-hydrogen) atoms. The van der Waals surface area contributed by atoms with Gasteiger partial charge in [0.1, 0.15) is 0 Å². The Morgan fingerprint density at radius 1 is 1.44 bits per heavy atom. The molecule has 0 amide bonds. The number of H-pyrrole nitrogens is 1. The first-order valence-electron chi connectivity index (χ1n) is 5.75. The molecule has 0 radical (unpaired) electrons. The zero-order valence-corrected chi connectivity index (χ0v) is 11.1. The molecule has 0 fully saturated rings. The van der Waals surface area contributed by atoms with Crippen molar-refractivity contribution in [2.45, 2.75) is 27.3 Å². The normalized spacial score (nSPS) is 12.4. The standard InChI is InChI=1S/C12H24N4/c1-10-11(7-14-15-10)6-13-8-12(2,3)9-16(4)5/h7,13H,6,8-9H2,1-5H3,(H,14,15). The molecule has 1 aromatic rings. The zero-order valence-electron chi connectivity index (χ0n) is 11.1. The molecule has 2 N–H and O–H groups in total. The first-order valence-corrected chi connectivity index (χ1v) is 5.75. The zero-order chi connectivity index (χ0) is 12.2. The molecule has 0 atom stereocenters. The van der Waals surface area contributed by atoms with Crippen molar-refractivity contribution < 1.29 is 0 Å². The van der Waals surface area contributed by atoms with Gasteiger partial charge in [0.15, 0.2) is 0 Å². The monoisotopic (exact) mass is 224 g/mol. The van der Waals surface area contributed by atoms with Crippen molar-refractivity contribution >= 4 is 0 Å². The van der Waals surface area contributed by atoms with Gasteiger partial charge in [0, 0.05) is 30.9 Å². The SMILES string of the molecule is Cc1[nH]ncc1CNCC(C)(C)CN(C)C. The minimum absolute atomic E-state index is 0.293. The molecular formula is C12H24N4. The summed E-state index contributed by atoms with van der Waals surface area (Å²) in [4.78, 5) is 2.23. The van der Waals surface area contributed by atoms with Crippen LogP contribution in [0, 0.1) is 12.3 Å². The van der Waals surface area contributed by atoms with Crippen molar-refractivity contribution in [3.63, 3.8) is 0 Å². The van der Waals surface area contributed by atoms with E-state index in [1.807, 2.05) is 6.20 Å². The van der Waals surface area contributed by atoms with Crippen LogP contribution >= 0.6 is 0 Å². The van der Waals surface area contributed by atoms with Gasteiger partial charge in [-0.3, -0.25) is 5.10 Å². The van der Waals surface area contributed by atoms with Crippen LogP contribution in [-0.2, 0) is 6.54 Å². The van der Waals surface area contributed by atoms with Crippen LogP contribution in [0.2, 0.25) is 0 Å². The summed E-state index contributed by atoms with van der Waals surface area (Å²) in [6.07, 6.45) is 1.89. The molecule has 0 aliphatic heterocycles. The molecule has 1 heterocycles. The van der Waals surface area contributed by atoms with Crippen molar-refractivity contribution in [2.24, 2.45) is 5.41 Å². The van der Waals surface area contributed by atoms with Gasteiger partial charge < -0.3 is 10.2 Å². The highest BCUT2D eigenvalue weighted by molar-refractivity contribution is 5.13. The summed E-state index contributed by atoms with van der Waals surface area (Å²) < 4.78 is 0. The summed E-state index contributed by atoms with van der Waals surface area (Å²) in [6.45, 7) is 9.60. The number of nitrogens with zero attached hydrogens (tertiary/aromatic N) is 2. The minimum atomic E-state index is 0.293. The topological polar surface area (TPSA) is 44.0 Å². The van der Waals surface area contributed by atoms with Crippen molar-refractivity contribution in [1.82, 2.24) is 20.4 Å². The van der Waals surface area contributed by atoms with Crippen LogP contribution in [0.15, 0.2) is 6.20 Å². The second-order valence-corrected chi connectivity index (χ2v) is 5.53. The van der Waals surface area contributed by atoms with Gasteiger partial charge in [0.2, 0.25) is 0 Å². The molecule has 4 nitrogen and oxygen atoms in total. The van der Waals surface area contributed by atoms with Crippen molar-refractivity contribution in [3.05, 3.63) is 17.5 Å². The minimum Gasteiger partial charge on any atom is -0.312 e. The molecule has 1 rings (SSSR count). The van der Waals surface area contributed by atoms with Gasteiger partial charge in [-0.15, -0.1) is 0 Å². The van der Waals surface area contributed by atoms with Gasteiger partial charge in [-0.1, -0.05) is 13.8 Å². The first kappa shape index (κ1) is 13.2. The van der Waals surface area contributed by atoms with Crippen LogP contribution in [0.4, 0.5) is 0 Å². The maximum atomic E-state index is 4.01. The number of hydrogen-bond donors (Lipinski definition) is 2. The molecular weight excluding hydrogens is 200 g/mol. The summed E-state index contributed by atoms with van der Waals surface area (Å²) in [5.41, 5.74) is 2.69. The Kier molecular flexibility index (Phi) is 4.50. The van der Waals surface area contributed by atoms with Gasteiger partial charge in [-0.05, 0) is 26.4 Å². The van der Waals surface area contributed by atoms with Crippen LogP contribution in [0.1, 0.15) is 25.1 Å². The molecule has 0 aromatic carbocycles. The number of aryl methyl sites for hydroxylation is 1. The number of nitrogens with one attached hydrogen (secondary N) is 2. The average molecular weight is 224 g/mol. The van der Waals surface area contributed by atoms with Gasteiger partial charge >= 0.3 is 0 Å². The molecule has 0 saturated heterocycles. The Morgan fingerprint density at radius 3 is 2.62 bits per heavy atom. The molecule has 0 unspecified atom stereocenters. The van der Waals surface area contributed by atoms with E-state index in [1.54, 1.807) is 0 Å². The van der Waals surface area contributed by atoms with Crippen molar-refractivity contribution in [1.29, 1.82) is 0 Å². The molecule has 92 valence electrons. The van der Waals surface area contributed by atoms with Crippen molar-refractivity contribution in [3.8, 4) is 0 Å². The fraction of sp³-hybridized carbons (Fsp3) is 0.750. The maximum absolute atomic E-state index is 4.01. The van der Waals surface area contributed by atoms with E-state index in [4.69, 9.17) is 0 Å². The lowest BCUT2D eigenvalue weighted by Gasteiger charge is -2.28. The Labute approximate surface area is 98.4 Å². The van der Waals surface area contributed by atoms with Gasteiger partial charge in [0.25, 0.3) is 0 Å². The van der Waals surface area contributed by atoms with E-state index >= 15 is 0 Å². The molecule has 0 aliphatic rings. The summed E-state index contributed by atoms with van der Waals surface area (Å²) in [7, 11) is 4.23. The summed E-state index contributed by atoms with van der Waals surface area (Å²) in [5.74, 6) is 0. The van der Waals surface area contributed by atoms with E-state index < -0.39 is 0 Å². The van der Waals surface area contributed by atoms with Crippen LogP contribution < -0.4 is 5.32 Å². The van der Waals surface area contributed by atoms with Crippen LogP contribution in [0.5, 0.6) is 0 Å². The van der Waals surface area contributed by atoms with E-state index in [-0.39, 0.29) is 0 Å². The van der Waals surface area contributed by atoms with E-state index in [0.29, 0.717) is 5.41 Å². The largest absolute Gasteiger partial charge is 0.312 e. The molecule has 0 saturated carbocycles. The lowest BCUT2D eigenvalue weighted by Crippen LogP contribution is -2.37. The molecule has 4 heteroatoms. The number of aromatic amines is 1. The van der Waals surface area contributed by atoms with Gasteiger partial charge in [-0.2, -0.15) is 5.10 Å². The molecule has 1 aromatic heterocycles.